The number of hydrogen-bond donors (Lipinski definition) is 1. The van der Waals surface area contributed by atoms with Gasteiger partial charge in [-0.1, -0.05) is 46.8 Å². The average molecular weight is 495 g/mol. The van der Waals surface area contributed by atoms with E-state index in [1.165, 1.54) is 4.88 Å². The number of carbonyl (C=O) groups is 1. The Labute approximate surface area is 194 Å². The van der Waals surface area contributed by atoms with Gasteiger partial charge in [-0.25, -0.2) is 4.99 Å². The van der Waals surface area contributed by atoms with Gasteiger partial charge in [0.15, 0.2) is 0 Å². The second kappa shape index (κ2) is 10.1. The first-order chi connectivity index (χ1) is 15.2. The number of rotatable bonds is 7. The maximum atomic E-state index is 13.2. The highest BCUT2D eigenvalue weighted by molar-refractivity contribution is 9.10. The van der Waals surface area contributed by atoms with Crippen LogP contribution in [0.3, 0.4) is 0 Å². The predicted molar refractivity (Wildman–Crippen MR) is 132 cm³/mol. The maximum absolute atomic E-state index is 13.2. The van der Waals surface area contributed by atoms with Crippen molar-refractivity contribution >= 4 is 50.1 Å². The summed E-state index contributed by atoms with van der Waals surface area (Å²) in [6.45, 7) is 4.13. The summed E-state index contributed by atoms with van der Waals surface area (Å²) < 4.78 is 6.70. The minimum Gasteiger partial charge on any atom is -0.489 e. The molecular formula is C25H23BrN2O2S. The highest BCUT2D eigenvalue weighted by atomic mass is 79.9. The zero-order valence-corrected chi connectivity index (χ0v) is 19.5. The minimum absolute atomic E-state index is 0.102. The van der Waals surface area contributed by atoms with Crippen molar-refractivity contribution < 1.29 is 9.53 Å². The highest BCUT2D eigenvalue weighted by Crippen LogP contribution is 2.40. The number of nitrogens with zero attached hydrogens (tertiary/aromatic N) is 1. The lowest BCUT2D eigenvalue weighted by atomic mass is 9.95. The number of aryl methyl sites for hydroxylation is 1. The lowest BCUT2D eigenvalue weighted by molar-refractivity contribution is 0.102. The molecular weight excluding hydrogens is 472 g/mol. The van der Waals surface area contributed by atoms with Crippen LogP contribution in [-0.4, -0.2) is 18.7 Å². The molecule has 4 nitrogen and oxygen atoms in total. The van der Waals surface area contributed by atoms with Crippen molar-refractivity contribution in [2.45, 2.75) is 25.7 Å². The molecule has 1 aliphatic carbocycles. The first kappa shape index (κ1) is 21.5. The Kier molecular flexibility index (Phi) is 6.99. The van der Waals surface area contributed by atoms with Crippen LogP contribution >= 0.6 is 27.3 Å². The van der Waals surface area contributed by atoms with E-state index < -0.39 is 0 Å². The fraction of sp³-hybridized carbons (Fsp3) is 0.200. The van der Waals surface area contributed by atoms with Crippen LogP contribution in [0.1, 0.15) is 39.2 Å². The van der Waals surface area contributed by atoms with Crippen LogP contribution in [0.15, 0.2) is 70.7 Å². The standard InChI is InChI=1S/C25H23BrN2O2S/c1-2-14-30-21-13-12-18(26)15-17(21)16-27-25-23(20-10-6-7-11-22(20)31-25)24(29)28-19-8-4-3-5-9-19/h2-5,8-9,12-13,15-16H,1,6-7,10-11,14H2,(H,28,29). The molecule has 0 aliphatic heterocycles. The number of fused-ring (bicyclic) bond motifs is 1. The largest absolute Gasteiger partial charge is 0.489 e. The summed E-state index contributed by atoms with van der Waals surface area (Å²) in [5.41, 5.74) is 3.47. The van der Waals surface area contributed by atoms with Crippen LogP contribution in [0.2, 0.25) is 0 Å². The molecule has 31 heavy (non-hydrogen) atoms. The molecule has 1 aromatic heterocycles. The maximum Gasteiger partial charge on any atom is 0.259 e. The van der Waals surface area contributed by atoms with Gasteiger partial charge in [-0.3, -0.25) is 4.79 Å². The van der Waals surface area contributed by atoms with Crippen LogP contribution in [0, 0.1) is 0 Å². The molecule has 158 valence electrons. The molecule has 1 N–H and O–H groups in total. The topological polar surface area (TPSA) is 50.7 Å². The highest BCUT2D eigenvalue weighted by Gasteiger charge is 2.25. The van der Waals surface area contributed by atoms with Crippen LogP contribution in [0.25, 0.3) is 0 Å². The van der Waals surface area contributed by atoms with Gasteiger partial charge in [0.1, 0.15) is 17.4 Å². The predicted octanol–water partition coefficient (Wildman–Crippen LogP) is 6.96. The summed E-state index contributed by atoms with van der Waals surface area (Å²) in [6, 6.07) is 15.3. The Morgan fingerprint density at radius 3 is 2.81 bits per heavy atom. The number of halogens is 1. The summed E-state index contributed by atoms with van der Waals surface area (Å²) in [5.74, 6) is 0.624. The van der Waals surface area contributed by atoms with E-state index in [0.717, 1.165) is 57.7 Å². The van der Waals surface area contributed by atoms with Crippen molar-refractivity contribution in [3.8, 4) is 5.75 Å². The summed E-state index contributed by atoms with van der Waals surface area (Å²) in [6.07, 6.45) is 7.67. The van der Waals surface area contributed by atoms with Crippen molar-refractivity contribution in [1.82, 2.24) is 0 Å². The zero-order chi connectivity index (χ0) is 21.6. The van der Waals surface area contributed by atoms with Crippen LogP contribution in [0.5, 0.6) is 5.75 Å². The number of aliphatic imine (C=N–C) groups is 1. The first-order valence-corrected chi connectivity index (χ1v) is 11.8. The zero-order valence-electron chi connectivity index (χ0n) is 17.1. The number of amides is 1. The second-order valence-corrected chi connectivity index (χ2v) is 9.25. The van der Waals surface area contributed by atoms with Crippen LogP contribution < -0.4 is 10.1 Å². The lowest BCUT2D eigenvalue weighted by Gasteiger charge is -2.12. The number of carbonyl (C=O) groups excluding carboxylic acids is 1. The fourth-order valence-electron chi connectivity index (χ4n) is 3.62. The number of hydrogen-bond acceptors (Lipinski definition) is 4. The average Bonchev–Trinajstić information content (AvgIpc) is 3.16. The molecule has 0 bridgehead atoms. The molecule has 1 amide bonds. The molecule has 1 heterocycles. The van der Waals surface area contributed by atoms with E-state index in [0.29, 0.717) is 12.2 Å². The monoisotopic (exact) mass is 494 g/mol. The number of thiophene rings is 1. The van der Waals surface area contributed by atoms with E-state index in [4.69, 9.17) is 9.73 Å². The number of nitrogens with one attached hydrogen (secondary N) is 1. The molecule has 0 atom stereocenters. The summed E-state index contributed by atoms with van der Waals surface area (Å²) in [7, 11) is 0. The molecule has 0 radical (unpaired) electrons. The van der Waals surface area contributed by atoms with E-state index in [2.05, 4.69) is 27.8 Å². The molecule has 3 aromatic rings. The molecule has 4 rings (SSSR count). The molecule has 0 saturated carbocycles. The quantitative estimate of drug-likeness (QED) is 0.285. The van der Waals surface area contributed by atoms with Gasteiger partial charge in [0.05, 0.1) is 5.56 Å². The molecule has 0 saturated heterocycles. The van der Waals surface area contributed by atoms with Crippen molar-refractivity contribution in [2.75, 3.05) is 11.9 Å². The molecule has 2 aromatic carbocycles. The third kappa shape index (κ3) is 5.14. The van der Waals surface area contributed by atoms with Gasteiger partial charge in [-0.15, -0.1) is 11.3 Å². The number of para-hydroxylation sites is 1. The Balaban J connectivity index is 1.69. The van der Waals surface area contributed by atoms with E-state index >= 15 is 0 Å². The summed E-state index contributed by atoms with van der Waals surface area (Å²) in [5, 5.41) is 3.78. The Morgan fingerprint density at radius 1 is 1.19 bits per heavy atom. The number of benzene rings is 2. The second-order valence-electron chi connectivity index (χ2n) is 7.25. The van der Waals surface area contributed by atoms with E-state index in [1.807, 2.05) is 48.5 Å². The fourth-order valence-corrected chi connectivity index (χ4v) is 5.23. The van der Waals surface area contributed by atoms with Gasteiger partial charge in [0.2, 0.25) is 0 Å². The molecule has 0 unspecified atom stereocenters. The van der Waals surface area contributed by atoms with E-state index in [1.54, 1.807) is 23.6 Å². The third-order valence-corrected chi connectivity index (χ3v) is 6.75. The smallest absolute Gasteiger partial charge is 0.259 e. The van der Waals surface area contributed by atoms with Crippen molar-refractivity contribution in [2.24, 2.45) is 4.99 Å². The van der Waals surface area contributed by atoms with Gasteiger partial charge < -0.3 is 10.1 Å². The third-order valence-electron chi connectivity index (χ3n) is 5.06. The van der Waals surface area contributed by atoms with Crippen LogP contribution in [-0.2, 0) is 12.8 Å². The van der Waals surface area contributed by atoms with Gasteiger partial charge in [0.25, 0.3) is 5.91 Å². The minimum atomic E-state index is -0.102. The van der Waals surface area contributed by atoms with Gasteiger partial charge in [-0.2, -0.15) is 0 Å². The molecule has 0 spiro atoms. The summed E-state index contributed by atoms with van der Waals surface area (Å²) in [4.78, 5) is 19.3. The normalized spacial score (nSPS) is 13.1. The van der Waals surface area contributed by atoms with Crippen LogP contribution in [0.4, 0.5) is 10.7 Å². The Morgan fingerprint density at radius 2 is 2.00 bits per heavy atom. The van der Waals surface area contributed by atoms with Crippen molar-refractivity contribution in [1.29, 1.82) is 0 Å². The molecule has 6 heteroatoms. The summed E-state index contributed by atoms with van der Waals surface area (Å²) >= 11 is 5.13. The van der Waals surface area contributed by atoms with E-state index in [-0.39, 0.29) is 5.91 Å². The molecule has 0 fully saturated rings. The van der Waals surface area contributed by atoms with E-state index in [9.17, 15) is 4.79 Å². The SMILES string of the molecule is C=CCOc1ccc(Br)cc1C=Nc1sc2c(c1C(=O)Nc1ccccc1)CCCC2. The first-order valence-electron chi connectivity index (χ1n) is 10.2. The lowest BCUT2D eigenvalue weighted by Crippen LogP contribution is -2.14. The van der Waals surface area contributed by atoms with Crippen molar-refractivity contribution in [3.05, 3.63) is 87.2 Å². The van der Waals surface area contributed by atoms with Gasteiger partial charge in [0, 0.05) is 26.8 Å². The van der Waals surface area contributed by atoms with Gasteiger partial charge >= 0.3 is 0 Å². The Hall–Kier alpha value is -2.70. The van der Waals surface area contributed by atoms with Gasteiger partial charge in [-0.05, 0) is 61.6 Å². The molecule has 1 aliphatic rings. The Bertz CT molecular complexity index is 1120. The number of anilines is 1. The number of ether oxygens (including phenoxy) is 1. The van der Waals surface area contributed by atoms with Crippen molar-refractivity contribution in [3.63, 3.8) is 0 Å².